The molecule has 70 valence electrons. The standard InChI is InChI=1S/C8H8O3S2/c9-13(10,11)8-3-1-2-6-4-12-5-7(6)8/h1-3H,4-5H2,(H,9,10,11). The van der Waals surface area contributed by atoms with E-state index >= 15 is 0 Å². The molecule has 2 rings (SSSR count). The van der Waals surface area contributed by atoms with Crippen LogP contribution in [0.3, 0.4) is 0 Å². The van der Waals surface area contributed by atoms with Crippen molar-refractivity contribution in [3.05, 3.63) is 29.3 Å². The monoisotopic (exact) mass is 216 g/mol. The molecule has 1 aromatic rings. The van der Waals surface area contributed by atoms with Gasteiger partial charge < -0.3 is 0 Å². The summed E-state index contributed by atoms with van der Waals surface area (Å²) in [6.07, 6.45) is 0. The van der Waals surface area contributed by atoms with Crippen molar-refractivity contribution < 1.29 is 13.0 Å². The number of fused-ring (bicyclic) bond motifs is 1. The van der Waals surface area contributed by atoms with Gasteiger partial charge in [-0.05, 0) is 17.2 Å². The van der Waals surface area contributed by atoms with Gasteiger partial charge >= 0.3 is 0 Å². The fraction of sp³-hybridized carbons (Fsp3) is 0.250. The highest BCUT2D eigenvalue weighted by Gasteiger charge is 2.21. The quantitative estimate of drug-likeness (QED) is 0.726. The van der Waals surface area contributed by atoms with E-state index in [0.717, 1.165) is 16.9 Å². The van der Waals surface area contributed by atoms with Crippen LogP contribution >= 0.6 is 11.8 Å². The van der Waals surface area contributed by atoms with E-state index < -0.39 is 10.1 Å². The third-order valence-corrected chi connectivity index (χ3v) is 3.96. The predicted octanol–water partition coefficient (Wildman–Crippen LogP) is 1.68. The first-order valence-electron chi connectivity index (χ1n) is 3.75. The van der Waals surface area contributed by atoms with Gasteiger partial charge in [-0.2, -0.15) is 20.2 Å². The molecule has 1 aliphatic rings. The molecule has 0 fully saturated rings. The van der Waals surface area contributed by atoms with E-state index in [2.05, 4.69) is 0 Å². The average molecular weight is 216 g/mol. The van der Waals surface area contributed by atoms with Gasteiger partial charge in [0.15, 0.2) is 0 Å². The summed E-state index contributed by atoms with van der Waals surface area (Å²) in [7, 11) is -4.04. The van der Waals surface area contributed by atoms with Gasteiger partial charge in [0.1, 0.15) is 0 Å². The van der Waals surface area contributed by atoms with Crippen LogP contribution < -0.4 is 0 Å². The summed E-state index contributed by atoms with van der Waals surface area (Å²) in [5.41, 5.74) is 1.77. The van der Waals surface area contributed by atoms with E-state index in [1.54, 1.807) is 17.8 Å². The normalized spacial score (nSPS) is 15.8. The van der Waals surface area contributed by atoms with E-state index in [9.17, 15) is 8.42 Å². The Hall–Kier alpha value is -0.520. The van der Waals surface area contributed by atoms with Gasteiger partial charge in [-0.15, -0.1) is 0 Å². The van der Waals surface area contributed by atoms with Gasteiger partial charge in [-0.1, -0.05) is 12.1 Å². The van der Waals surface area contributed by atoms with Gasteiger partial charge in [-0.25, -0.2) is 0 Å². The highest BCUT2D eigenvalue weighted by atomic mass is 32.2. The van der Waals surface area contributed by atoms with Crippen molar-refractivity contribution >= 4 is 21.9 Å². The Kier molecular flexibility index (Phi) is 2.09. The van der Waals surface area contributed by atoms with Gasteiger partial charge in [0.2, 0.25) is 0 Å². The van der Waals surface area contributed by atoms with Crippen LogP contribution in [-0.4, -0.2) is 13.0 Å². The summed E-state index contributed by atoms with van der Waals surface area (Å²) in [6, 6.07) is 5.00. The van der Waals surface area contributed by atoms with Crippen LogP contribution in [0.4, 0.5) is 0 Å². The third kappa shape index (κ3) is 1.59. The van der Waals surface area contributed by atoms with Crippen molar-refractivity contribution in [1.82, 2.24) is 0 Å². The smallest absolute Gasteiger partial charge is 0.282 e. The molecule has 3 nitrogen and oxygen atoms in total. The second-order valence-corrected chi connectivity index (χ2v) is 5.24. The summed E-state index contributed by atoms with van der Waals surface area (Å²) in [6.45, 7) is 0. The van der Waals surface area contributed by atoms with E-state index in [4.69, 9.17) is 4.55 Å². The third-order valence-electron chi connectivity index (χ3n) is 2.01. The van der Waals surface area contributed by atoms with Crippen LogP contribution in [0, 0.1) is 0 Å². The molecule has 0 bridgehead atoms. The van der Waals surface area contributed by atoms with E-state index in [-0.39, 0.29) is 4.90 Å². The highest BCUT2D eigenvalue weighted by Crippen LogP contribution is 2.33. The Balaban J connectivity index is 2.67. The van der Waals surface area contributed by atoms with Gasteiger partial charge in [-0.3, -0.25) is 4.55 Å². The molecule has 1 N–H and O–H groups in total. The molecule has 1 aromatic carbocycles. The lowest BCUT2D eigenvalue weighted by molar-refractivity contribution is 0.482. The first-order valence-corrected chi connectivity index (χ1v) is 6.34. The molecular weight excluding hydrogens is 208 g/mol. The number of rotatable bonds is 1. The summed E-state index contributed by atoms with van der Waals surface area (Å²) in [5, 5.41) is 0. The summed E-state index contributed by atoms with van der Waals surface area (Å²) < 4.78 is 30.8. The van der Waals surface area contributed by atoms with E-state index in [1.165, 1.54) is 6.07 Å². The van der Waals surface area contributed by atoms with Crippen molar-refractivity contribution in [2.24, 2.45) is 0 Å². The second kappa shape index (κ2) is 3.01. The maximum absolute atomic E-state index is 10.9. The minimum atomic E-state index is -4.04. The highest BCUT2D eigenvalue weighted by molar-refractivity contribution is 7.98. The lowest BCUT2D eigenvalue weighted by atomic mass is 10.1. The Morgan fingerprint density at radius 1 is 1.31 bits per heavy atom. The van der Waals surface area contributed by atoms with Gasteiger partial charge in [0.05, 0.1) is 4.90 Å². The molecule has 0 amide bonds. The first-order chi connectivity index (χ1) is 6.09. The molecule has 1 heterocycles. The predicted molar refractivity (Wildman–Crippen MR) is 51.3 cm³/mol. The van der Waals surface area contributed by atoms with Crippen LogP contribution in [0.5, 0.6) is 0 Å². The second-order valence-electron chi connectivity index (χ2n) is 2.86. The molecular formula is C8H8O3S2. The zero-order valence-electron chi connectivity index (χ0n) is 6.73. The molecule has 0 atom stereocenters. The van der Waals surface area contributed by atoms with Crippen molar-refractivity contribution in [3.8, 4) is 0 Å². The fourth-order valence-electron chi connectivity index (χ4n) is 1.41. The Labute approximate surface area is 80.9 Å². The molecule has 0 aliphatic carbocycles. The van der Waals surface area contributed by atoms with Crippen molar-refractivity contribution in [2.45, 2.75) is 16.4 Å². The largest absolute Gasteiger partial charge is 0.294 e. The maximum Gasteiger partial charge on any atom is 0.294 e. The number of benzene rings is 1. The maximum atomic E-state index is 10.9. The minimum Gasteiger partial charge on any atom is -0.282 e. The van der Waals surface area contributed by atoms with E-state index in [0.29, 0.717) is 5.75 Å². The minimum absolute atomic E-state index is 0.0648. The Morgan fingerprint density at radius 3 is 2.77 bits per heavy atom. The first kappa shape index (κ1) is 9.05. The molecule has 0 radical (unpaired) electrons. The lowest BCUT2D eigenvalue weighted by Crippen LogP contribution is -2.02. The zero-order chi connectivity index (χ0) is 9.47. The molecule has 0 saturated heterocycles. The number of hydrogen-bond acceptors (Lipinski definition) is 3. The summed E-state index contributed by atoms with van der Waals surface area (Å²) in [4.78, 5) is 0.0648. The lowest BCUT2D eigenvalue weighted by Gasteiger charge is -2.03. The van der Waals surface area contributed by atoms with Crippen LogP contribution in [0.1, 0.15) is 11.1 Å². The van der Waals surface area contributed by atoms with Gasteiger partial charge in [0.25, 0.3) is 10.1 Å². The van der Waals surface area contributed by atoms with Crippen LogP contribution in [0.25, 0.3) is 0 Å². The molecule has 0 unspecified atom stereocenters. The molecule has 0 saturated carbocycles. The van der Waals surface area contributed by atoms with Gasteiger partial charge in [0, 0.05) is 11.5 Å². The average Bonchev–Trinajstić information content (AvgIpc) is 2.48. The Bertz CT molecular complexity index is 437. The van der Waals surface area contributed by atoms with Crippen molar-refractivity contribution in [1.29, 1.82) is 0 Å². The van der Waals surface area contributed by atoms with Crippen LogP contribution in [-0.2, 0) is 21.6 Å². The van der Waals surface area contributed by atoms with Crippen LogP contribution in [0.2, 0.25) is 0 Å². The Morgan fingerprint density at radius 2 is 2.08 bits per heavy atom. The van der Waals surface area contributed by atoms with Crippen molar-refractivity contribution in [2.75, 3.05) is 0 Å². The molecule has 5 heteroatoms. The molecule has 0 spiro atoms. The number of hydrogen-bond donors (Lipinski definition) is 1. The molecule has 13 heavy (non-hydrogen) atoms. The zero-order valence-corrected chi connectivity index (χ0v) is 8.36. The summed E-state index contributed by atoms with van der Waals surface area (Å²) >= 11 is 1.66. The number of thioether (sulfide) groups is 1. The van der Waals surface area contributed by atoms with E-state index in [1.807, 2.05) is 6.07 Å². The van der Waals surface area contributed by atoms with Crippen LogP contribution in [0.15, 0.2) is 23.1 Å². The SMILES string of the molecule is O=S(=O)(O)c1cccc2c1CSC2. The molecule has 0 aromatic heterocycles. The van der Waals surface area contributed by atoms with Crippen molar-refractivity contribution in [3.63, 3.8) is 0 Å². The summed E-state index contributed by atoms with van der Waals surface area (Å²) in [5.74, 6) is 1.50. The topological polar surface area (TPSA) is 54.4 Å². The molecule has 1 aliphatic heterocycles. The fourth-order valence-corrected chi connectivity index (χ4v) is 3.41.